The van der Waals surface area contributed by atoms with Gasteiger partial charge >= 0.3 is 5.97 Å². The summed E-state index contributed by atoms with van der Waals surface area (Å²) in [6.07, 6.45) is 20.7. The lowest BCUT2D eigenvalue weighted by Gasteiger charge is -2.38. The molecule has 5 heteroatoms. The summed E-state index contributed by atoms with van der Waals surface area (Å²) in [7, 11) is 0. The number of likely N-dealkylation sites (tertiary alicyclic amines) is 1. The first kappa shape index (κ1) is 25.4. The number of rotatable bonds is 9. The van der Waals surface area contributed by atoms with E-state index in [0.717, 1.165) is 76.6 Å². The number of piperidine rings is 1. The van der Waals surface area contributed by atoms with Crippen molar-refractivity contribution in [3.63, 3.8) is 0 Å². The predicted molar refractivity (Wildman–Crippen MR) is 131 cm³/mol. The molecule has 0 N–H and O–H groups in total. The van der Waals surface area contributed by atoms with Gasteiger partial charge in [0.2, 0.25) is 0 Å². The van der Waals surface area contributed by atoms with Gasteiger partial charge in [-0.05, 0) is 96.1 Å². The van der Waals surface area contributed by atoms with E-state index in [2.05, 4.69) is 4.90 Å². The average Bonchev–Trinajstić information content (AvgIpc) is 2.87. The van der Waals surface area contributed by atoms with Crippen LogP contribution in [0.1, 0.15) is 103 Å². The second-order valence-electron chi connectivity index (χ2n) is 11.2. The molecule has 0 bridgehead atoms. The number of nitrogens with zero attached hydrogens (tertiary/aromatic N) is 1. The maximum Gasteiger partial charge on any atom is 0.309 e. The fourth-order valence-electron chi connectivity index (χ4n) is 6.91. The zero-order valence-corrected chi connectivity index (χ0v) is 21.2. The molecule has 0 spiro atoms. The van der Waals surface area contributed by atoms with Gasteiger partial charge in [0.05, 0.1) is 37.4 Å². The molecule has 0 atom stereocenters. The highest BCUT2D eigenvalue weighted by Crippen LogP contribution is 2.39. The number of ether oxygens (including phenoxy) is 3. The first-order chi connectivity index (χ1) is 16.2. The molecule has 0 unspecified atom stereocenters. The Balaban J connectivity index is 1.03. The highest BCUT2D eigenvalue weighted by Gasteiger charge is 2.31. The van der Waals surface area contributed by atoms with E-state index in [1.54, 1.807) is 0 Å². The third-order valence-electron chi connectivity index (χ3n) is 9.01. The van der Waals surface area contributed by atoms with Crippen molar-refractivity contribution >= 4 is 5.97 Å². The first-order valence-corrected chi connectivity index (χ1v) is 14.4. The number of carbonyl (C=O) groups is 1. The molecule has 3 saturated carbocycles. The van der Waals surface area contributed by atoms with E-state index in [0.29, 0.717) is 24.9 Å². The second kappa shape index (κ2) is 13.4. The van der Waals surface area contributed by atoms with Gasteiger partial charge in [0.15, 0.2) is 0 Å². The molecule has 4 aliphatic rings. The molecule has 0 amide bonds. The molecule has 4 fully saturated rings. The SMILES string of the molecule is CCOC(=O)C1CCN(CCOC2CCC(OC3CCC(C4CCCCC4)CC3)CC2)CC1. The van der Waals surface area contributed by atoms with Crippen LogP contribution >= 0.6 is 0 Å². The van der Waals surface area contributed by atoms with Crippen molar-refractivity contribution in [1.29, 1.82) is 0 Å². The largest absolute Gasteiger partial charge is 0.466 e. The van der Waals surface area contributed by atoms with E-state index in [9.17, 15) is 4.79 Å². The third-order valence-corrected chi connectivity index (χ3v) is 9.01. The van der Waals surface area contributed by atoms with Crippen molar-refractivity contribution in [2.45, 2.75) is 122 Å². The smallest absolute Gasteiger partial charge is 0.309 e. The van der Waals surface area contributed by atoms with Gasteiger partial charge in [-0.25, -0.2) is 0 Å². The Morgan fingerprint density at radius 3 is 1.94 bits per heavy atom. The van der Waals surface area contributed by atoms with Crippen molar-refractivity contribution in [2.24, 2.45) is 17.8 Å². The highest BCUT2D eigenvalue weighted by molar-refractivity contribution is 5.72. The first-order valence-electron chi connectivity index (χ1n) is 14.4. The third kappa shape index (κ3) is 7.93. The van der Waals surface area contributed by atoms with Crippen molar-refractivity contribution in [2.75, 3.05) is 32.8 Å². The summed E-state index contributed by atoms with van der Waals surface area (Å²) in [5.41, 5.74) is 0. The van der Waals surface area contributed by atoms with E-state index in [-0.39, 0.29) is 11.9 Å². The van der Waals surface area contributed by atoms with E-state index >= 15 is 0 Å². The van der Waals surface area contributed by atoms with E-state index in [4.69, 9.17) is 14.2 Å². The molecule has 1 aliphatic heterocycles. The fraction of sp³-hybridized carbons (Fsp3) is 0.964. The summed E-state index contributed by atoms with van der Waals surface area (Å²) in [5.74, 6) is 2.10. The quantitative estimate of drug-likeness (QED) is 0.408. The average molecular weight is 464 g/mol. The van der Waals surface area contributed by atoms with Gasteiger partial charge in [0, 0.05) is 6.54 Å². The van der Waals surface area contributed by atoms with Crippen LogP contribution in [0.3, 0.4) is 0 Å². The molecular formula is C28H49NO4. The molecule has 1 saturated heterocycles. The van der Waals surface area contributed by atoms with Crippen LogP contribution < -0.4 is 0 Å². The minimum atomic E-state index is -0.00959. The van der Waals surface area contributed by atoms with E-state index in [1.807, 2.05) is 6.92 Å². The van der Waals surface area contributed by atoms with Crippen LogP contribution in [-0.4, -0.2) is 62.0 Å². The minimum absolute atomic E-state index is 0.00959. The van der Waals surface area contributed by atoms with Crippen molar-refractivity contribution < 1.29 is 19.0 Å². The van der Waals surface area contributed by atoms with Crippen LogP contribution in [0, 0.1) is 17.8 Å². The van der Waals surface area contributed by atoms with Crippen LogP contribution in [0.4, 0.5) is 0 Å². The standard InChI is InChI=1S/C28H49NO4/c1-2-31-28(30)24-16-18-29(19-17-24)20-21-32-25-12-14-27(15-13-25)33-26-10-8-23(9-11-26)22-6-4-3-5-7-22/h22-27H,2-21H2,1H3. The Morgan fingerprint density at radius 1 is 0.727 bits per heavy atom. The van der Waals surface area contributed by atoms with E-state index in [1.165, 1.54) is 57.8 Å². The maximum absolute atomic E-state index is 11.9. The lowest BCUT2D eigenvalue weighted by atomic mass is 9.73. The fourth-order valence-corrected chi connectivity index (χ4v) is 6.91. The molecule has 0 aromatic rings. The highest BCUT2D eigenvalue weighted by atomic mass is 16.5. The molecular weight excluding hydrogens is 414 g/mol. The summed E-state index contributed by atoms with van der Waals surface area (Å²) < 4.78 is 18.0. The monoisotopic (exact) mass is 463 g/mol. The van der Waals surface area contributed by atoms with Crippen LogP contribution in [0.2, 0.25) is 0 Å². The predicted octanol–water partition coefficient (Wildman–Crippen LogP) is 5.75. The van der Waals surface area contributed by atoms with Gasteiger partial charge in [-0.2, -0.15) is 0 Å². The lowest BCUT2D eigenvalue weighted by molar-refractivity contribution is -0.149. The van der Waals surface area contributed by atoms with Gasteiger partial charge in [-0.15, -0.1) is 0 Å². The lowest BCUT2D eigenvalue weighted by Crippen LogP contribution is -2.39. The summed E-state index contributed by atoms with van der Waals surface area (Å²) in [5, 5.41) is 0. The molecule has 5 nitrogen and oxygen atoms in total. The molecule has 190 valence electrons. The summed E-state index contributed by atoms with van der Waals surface area (Å²) in [4.78, 5) is 14.3. The molecule has 4 rings (SSSR count). The Hall–Kier alpha value is -0.650. The molecule has 0 aromatic heterocycles. The van der Waals surface area contributed by atoms with Crippen molar-refractivity contribution in [3.8, 4) is 0 Å². The van der Waals surface area contributed by atoms with Gasteiger partial charge in [-0.1, -0.05) is 32.1 Å². The normalized spacial score (nSPS) is 33.1. The van der Waals surface area contributed by atoms with Crippen molar-refractivity contribution in [1.82, 2.24) is 4.90 Å². The molecule has 1 heterocycles. The van der Waals surface area contributed by atoms with Crippen LogP contribution in [-0.2, 0) is 19.0 Å². The Kier molecular flexibility index (Phi) is 10.4. The topological polar surface area (TPSA) is 48.0 Å². The maximum atomic E-state index is 11.9. The molecule has 0 radical (unpaired) electrons. The number of esters is 1. The van der Waals surface area contributed by atoms with Crippen molar-refractivity contribution in [3.05, 3.63) is 0 Å². The summed E-state index contributed by atoms with van der Waals surface area (Å²) >= 11 is 0. The molecule has 3 aliphatic carbocycles. The number of hydrogen-bond acceptors (Lipinski definition) is 5. The summed E-state index contributed by atoms with van der Waals surface area (Å²) in [6.45, 7) is 6.13. The Labute approximate surface area is 202 Å². The zero-order chi connectivity index (χ0) is 22.9. The Morgan fingerprint density at radius 2 is 1.30 bits per heavy atom. The van der Waals surface area contributed by atoms with E-state index < -0.39 is 0 Å². The zero-order valence-electron chi connectivity index (χ0n) is 21.2. The van der Waals surface area contributed by atoms with Crippen LogP contribution in [0.15, 0.2) is 0 Å². The number of hydrogen-bond donors (Lipinski definition) is 0. The van der Waals surface area contributed by atoms with Gasteiger partial charge in [-0.3, -0.25) is 4.79 Å². The molecule has 0 aromatic carbocycles. The summed E-state index contributed by atoms with van der Waals surface area (Å²) in [6, 6.07) is 0. The van der Waals surface area contributed by atoms with Gasteiger partial charge in [0.25, 0.3) is 0 Å². The van der Waals surface area contributed by atoms with Crippen LogP contribution in [0.5, 0.6) is 0 Å². The Bertz CT molecular complexity index is 554. The van der Waals surface area contributed by atoms with Crippen LogP contribution in [0.25, 0.3) is 0 Å². The second-order valence-corrected chi connectivity index (χ2v) is 11.2. The minimum Gasteiger partial charge on any atom is -0.466 e. The van der Waals surface area contributed by atoms with Gasteiger partial charge < -0.3 is 19.1 Å². The van der Waals surface area contributed by atoms with Gasteiger partial charge in [0.1, 0.15) is 0 Å². The molecule has 33 heavy (non-hydrogen) atoms. The number of carbonyl (C=O) groups excluding carboxylic acids is 1.